The van der Waals surface area contributed by atoms with Crippen molar-refractivity contribution >= 4 is 39.2 Å². The van der Waals surface area contributed by atoms with Crippen LogP contribution in [0.3, 0.4) is 0 Å². The van der Waals surface area contributed by atoms with E-state index >= 15 is 0 Å². The number of rotatable bonds is 4. The number of esters is 2. The van der Waals surface area contributed by atoms with Gasteiger partial charge in [0.15, 0.2) is 0 Å². The highest BCUT2D eigenvalue weighted by molar-refractivity contribution is 6.28. The average Bonchev–Trinajstić information content (AvgIpc) is 2.58. The average molecular weight is 334 g/mol. The molecule has 0 unspecified atom stereocenters. The lowest BCUT2D eigenvalue weighted by atomic mass is 9.91. The molecule has 4 rings (SSSR count). The second-order valence-electron chi connectivity index (χ2n) is 6.46. The highest BCUT2D eigenvalue weighted by Crippen LogP contribution is 2.38. The minimum absolute atomic E-state index is 0.438. The summed E-state index contributed by atoms with van der Waals surface area (Å²) in [6.07, 6.45) is 0. The fraction of sp³-hybridized carbons (Fsp3) is 0.200. The summed E-state index contributed by atoms with van der Waals surface area (Å²) in [7, 11) is 4.03. The van der Waals surface area contributed by atoms with Crippen molar-refractivity contribution in [2.45, 2.75) is 0 Å². The monoisotopic (exact) mass is 334 g/mol. The number of carbonyl (C=O) groups excluding carboxylic acids is 2. The van der Waals surface area contributed by atoms with E-state index in [1.54, 1.807) is 6.07 Å². The van der Waals surface area contributed by atoms with Crippen molar-refractivity contribution in [1.82, 2.24) is 4.90 Å². The second kappa shape index (κ2) is 5.86. The number of fused-ring (bicyclic) bond motifs is 2. The summed E-state index contributed by atoms with van der Waals surface area (Å²) in [5, 5.41) is 6.71. The number of carbonyl (C=O) groups is 2. The number of benzene rings is 3. The van der Waals surface area contributed by atoms with Crippen molar-refractivity contribution in [2.75, 3.05) is 32.5 Å². The molecule has 1 N–H and O–H groups in total. The van der Waals surface area contributed by atoms with Crippen LogP contribution in [0.25, 0.3) is 21.5 Å². The van der Waals surface area contributed by atoms with Gasteiger partial charge in [-0.1, -0.05) is 24.3 Å². The zero-order valence-electron chi connectivity index (χ0n) is 14.1. The van der Waals surface area contributed by atoms with E-state index in [4.69, 9.17) is 4.74 Å². The highest BCUT2D eigenvalue weighted by atomic mass is 16.6. The Morgan fingerprint density at radius 1 is 1.00 bits per heavy atom. The first kappa shape index (κ1) is 15.6. The topological polar surface area (TPSA) is 58.6 Å². The second-order valence-corrected chi connectivity index (χ2v) is 6.46. The molecule has 0 aromatic heterocycles. The lowest BCUT2D eigenvalue weighted by Crippen LogP contribution is -2.22. The molecule has 0 amide bonds. The molecule has 1 aliphatic heterocycles. The van der Waals surface area contributed by atoms with Gasteiger partial charge in [-0.3, -0.25) is 0 Å². The Morgan fingerprint density at radius 2 is 1.80 bits per heavy atom. The Morgan fingerprint density at radius 3 is 2.60 bits per heavy atom. The Hall–Kier alpha value is -2.92. The molecule has 1 aliphatic rings. The Balaban J connectivity index is 1.99. The summed E-state index contributed by atoms with van der Waals surface area (Å²) in [6, 6.07) is 13.3. The molecule has 0 saturated heterocycles. The predicted molar refractivity (Wildman–Crippen MR) is 98.2 cm³/mol. The van der Waals surface area contributed by atoms with Crippen LogP contribution in [0.15, 0.2) is 42.5 Å². The van der Waals surface area contributed by atoms with Gasteiger partial charge < -0.3 is 15.0 Å². The number of likely N-dealkylation sites (N-methyl/N-ethyl adjacent to an activating group) is 1. The van der Waals surface area contributed by atoms with Crippen molar-refractivity contribution in [2.24, 2.45) is 0 Å². The van der Waals surface area contributed by atoms with E-state index in [0.717, 1.165) is 34.9 Å². The lowest BCUT2D eigenvalue weighted by Gasteiger charge is -2.20. The van der Waals surface area contributed by atoms with Gasteiger partial charge in [-0.15, -0.1) is 0 Å². The zero-order valence-corrected chi connectivity index (χ0v) is 14.1. The van der Waals surface area contributed by atoms with Crippen molar-refractivity contribution < 1.29 is 14.3 Å². The summed E-state index contributed by atoms with van der Waals surface area (Å²) in [5.74, 6) is -1.16. The smallest absolute Gasteiger partial charge is 0.347 e. The number of anilines is 1. The van der Waals surface area contributed by atoms with Crippen LogP contribution < -0.4 is 5.32 Å². The molecule has 0 saturated carbocycles. The first-order valence-corrected chi connectivity index (χ1v) is 8.20. The number of hydrogen-bond acceptors (Lipinski definition) is 5. The number of nitrogens with one attached hydrogen (secondary N) is 1. The van der Waals surface area contributed by atoms with Gasteiger partial charge in [-0.2, -0.15) is 0 Å². The van der Waals surface area contributed by atoms with E-state index in [1.807, 2.05) is 50.5 Å². The third kappa shape index (κ3) is 2.53. The molecule has 0 fully saturated rings. The Labute approximate surface area is 145 Å². The summed E-state index contributed by atoms with van der Waals surface area (Å²) >= 11 is 0. The summed E-state index contributed by atoms with van der Waals surface area (Å²) in [6.45, 7) is 1.65. The Bertz CT molecular complexity index is 1020. The van der Waals surface area contributed by atoms with Crippen LogP contribution in [0.4, 0.5) is 5.69 Å². The molecular formula is C20H18N2O3. The maximum atomic E-state index is 12.4. The van der Waals surface area contributed by atoms with Gasteiger partial charge in [-0.25, -0.2) is 9.59 Å². The van der Waals surface area contributed by atoms with Crippen LogP contribution in [0.2, 0.25) is 0 Å². The fourth-order valence-corrected chi connectivity index (χ4v) is 3.32. The molecule has 0 spiro atoms. The fourth-order valence-electron chi connectivity index (χ4n) is 3.32. The molecule has 0 radical (unpaired) electrons. The Kier molecular flexibility index (Phi) is 3.66. The molecule has 0 atom stereocenters. The molecule has 0 aliphatic carbocycles. The quantitative estimate of drug-likeness (QED) is 0.451. The number of hydrogen-bond donors (Lipinski definition) is 1. The standard InChI is InChI=1S/C20H18N2O3/c1-22(2)10-9-21-16-8-7-14-17-15(16)11-12-5-3-4-6-13(12)18(17)20(24)25-19(14)23/h3-8,11,21H,9-10H2,1-2H3. The van der Waals surface area contributed by atoms with E-state index in [1.165, 1.54) is 0 Å². The third-order valence-corrected chi connectivity index (χ3v) is 4.51. The molecule has 0 bridgehead atoms. The van der Waals surface area contributed by atoms with Gasteiger partial charge >= 0.3 is 11.9 Å². The van der Waals surface area contributed by atoms with Gasteiger partial charge in [0.05, 0.1) is 11.1 Å². The first-order chi connectivity index (χ1) is 12.1. The molecule has 3 aromatic carbocycles. The van der Waals surface area contributed by atoms with E-state index in [0.29, 0.717) is 16.5 Å². The first-order valence-electron chi connectivity index (χ1n) is 8.20. The lowest BCUT2D eigenvalue weighted by molar-refractivity contribution is 0.0393. The van der Waals surface area contributed by atoms with Crippen LogP contribution >= 0.6 is 0 Å². The van der Waals surface area contributed by atoms with Crippen molar-refractivity contribution in [3.8, 4) is 0 Å². The van der Waals surface area contributed by atoms with E-state index in [-0.39, 0.29) is 0 Å². The summed E-state index contributed by atoms with van der Waals surface area (Å²) < 4.78 is 4.96. The van der Waals surface area contributed by atoms with Gasteiger partial charge in [-0.05, 0) is 43.1 Å². The third-order valence-electron chi connectivity index (χ3n) is 4.51. The van der Waals surface area contributed by atoms with Crippen LogP contribution in [0.1, 0.15) is 20.7 Å². The van der Waals surface area contributed by atoms with Crippen LogP contribution in [0.5, 0.6) is 0 Å². The van der Waals surface area contributed by atoms with Gasteiger partial charge in [0, 0.05) is 29.5 Å². The van der Waals surface area contributed by atoms with E-state index in [2.05, 4.69) is 10.2 Å². The molecule has 5 heteroatoms. The molecule has 5 nitrogen and oxygen atoms in total. The minimum Gasteiger partial charge on any atom is -0.386 e. The maximum absolute atomic E-state index is 12.4. The van der Waals surface area contributed by atoms with Crippen LogP contribution in [0, 0.1) is 0 Å². The van der Waals surface area contributed by atoms with E-state index < -0.39 is 11.9 Å². The molecular weight excluding hydrogens is 316 g/mol. The van der Waals surface area contributed by atoms with Crippen molar-refractivity contribution in [3.05, 3.63) is 53.6 Å². The van der Waals surface area contributed by atoms with Gasteiger partial charge in [0.1, 0.15) is 0 Å². The number of ether oxygens (including phenoxy) is 1. The molecule has 25 heavy (non-hydrogen) atoms. The minimum atomic E-state index is -0.586. The van der Waals surface area contributed by atoms with Gasteiger partial charge in [0.25, 0.3) is 0 Å². The molecule has 3 aromatic rings. The van der Waals surface area contributed by atoms with Gasteiger partial charge in [0.2, 0.25) is 0 Å². The molecule has 126 valence electrons. The highest BCUT2D eigenvalue weighted by Gasteiger charge is 2.30. The van der Waals surface area contributed by atoms with Crippen LogP contribution in [-0.4, -0.2) is 44.0 Å². The number of cyclic esters (lactones) is 2. The van der Waals surface area contributed by atoms with Crippen molar-refractivity contribution in [1.29, 1.82) is 0 Å². The SMILES string of the molecule is CN(C)CCNc1ccc2c3c(c4ccccc4cc13)C(=O)OC2=O. The van der Waals surface area contributed by atoms with Crippen molar-refractivity contribution in [3.63, 3.8) is 0 Å². The summed E-state index contributed by atoms with van der Waals surface area (Å²) in [5.41, 5.74) is 1.82. The maximum Gasteiger partial charge on any atom is 0.347 e. The van der Waals surface area contributed by atoms with Crippen LogP contribution in [-0.2, 0) is 4.74 Å². The normalized spacial score (nSPS) is 13.6. The largest absolute Gasteiger partial charge is 0.386 e. The summed E-state index contributed by atoms with van der Waals surface area (Å²) in [4.78, 5) is 26.7. The zero-order chi connectivity index (χ0) is 17.6. The number of nitrogens with zero attached hydrogens (tertiary/aromatic N) is 1. The van der Waals surface area contributed by atoms with E-state index in [9.17, 15) is 9.59 Å². The predicted octanol–water partition coefficient (Wildman–Crippen LogP) is 3.28. The molecule has 1 heterocycles.